The Balaban J connectivity index is 1.49. The maximum absolute atomic E-state index is 13.8. The molecule has 0 aliphatic carbocycles. The first-order valence-electron chi connectivity index (χ1n) is 13.1. The molecule has 3 amide bonds. The monoisotopic (exact) mass is 565 g/mol. The number of benzene rings is 3. The standard InChI is InChI=1S/C30H27N7O5/c1-18-6-12-26(37-17-31-34-35-37)21(16-18)9-13-27(39)36-15-14-23-24(4-3-5-25(23)32-19(2)38)28(36)29(40)33-22-10-7-20(8-11-22)30(41)42/h3-13,16-17,28H,14-15H2,1-2H3,(H,32,38)(H,33,40)(H,41,42)/b13-9+. The lowest BCUT2D eigenvalue weighted by Gasteiger charge is -2.36. The predicted octanol–water partition coefficient (Wildman–Crippen LogP) is 3.41. The smallest absolute Gasteiger partial charge is 0.335 e. The lowest BCUT2D eigenvalue weighted by molar-refractivity contribution is -0.135. The second-order valence-electron chi connectivity index (χ2n) is 9.76. The first kappa shape index (κ1) is 27.9. The van der Waals surface area contributed by atoms with Crippen LogP contribution in [0.5, 0.6) is 0 Å². The van der Waals surface area contributed by atoms with E-state index >= 15 is 0 Å². The number of anilines is 2. The second kappa shape index (κ2) is 11.8. The van der Waals surface area contributed by atoms with E-state index in [-0.39, 0.29) is 18.0 Å². The van der Waals surface area contributed by atoms with Gasteiger partial charge in [-0.05, 0) is 83.4 Å². The molecule has 0 saturated carbocycles. The molecule has 1 aliphatic rings. The van der Waals surface area contributed by atoms with Crippen LogP contribution in [0.15, 0.2) is 73.1 Å². The summed E-state index contributed by atoms with van der Waals surface area (Å²) in [5.41, 5.74) is 4.75. The second-order valence-corrected chi connectivity index (χ2v) is 9.76. The van der Waals surface area contributed by atoms with Crippen LogP contribution in [-0.2, 0) is 20.8 Å². The Bertz CT molecular complexity index is 1700. The highest BCUT2D eigenvalue weighted by atomic mass is 16.4. The van der Waals surface area contributed by atoms with Gasteiger partial charge in [0.2, 0.25) is 11.8 Å². The molecule has 3 aromatic carbocycles. The lowest BCUT2D eigenvalue weighted by atomic mass is 9.90. The molecule has 1 unspecified atom stereocenters. The molecule has 0 radical (unpaired) electrons. The number of aryl methyl sites for hydroxylation is 1. The van der Waals surface area contributed by atoms with Crippen molar-refractivity contribution >= 4 is 41.1 Å². The van der Waals surface area contributed by atoms with Gasteiger partial charge < -0.3 is 20.6 Å². The van der Waals surface area contributed by atoms with Gasteiger partial charge >= 0.3 is 5.97 Å². The Kier molecular flexibility index (Phi) is 7.87. The third-order valence-corrected chi connectivity index (χ3v) is 6.85. The van der Waals surface area contributed by atoms with E-state index in [4.69, 9.17) is 0 Å². The van der Waals surface area contributed by atoms with E-state index in [1.807, 2.05) is 25.1 Å². The topological polar surface area (TPSA) is 159 Å². The first-order chi connectivity index (χ1) is 20.2. The fraction of sp³-hybridized carbons (Fsp3) is 0.167. The third-order valence-electron chi connectivity index (χ3n) is 6.85. The van der Waals surface area contributed by atoms with Gasteiger partial charge in [0.25, 0.3) is 5.91 Å². The normalized spacial score (nSPS) is 14.3. The highest BCUT2D eigenvalue weighted by molar-refractivity contribution is 6.02. The van der Waals surface area contributed by atoms with Crippen molar-refractivity contribution in [2.24, 2.45) is 0 Å². The summed E-state index contributed by atoms with van der Waals surface area (Å²) in [6, 6.07) is 15.6. The maximum Gasteiger partial charge on any atom is 0.335 e. The average Bonchev–Trinajstić information content (AvgIpc) is 3.50. The molecule has 0 spiro atoms. The first-order valence-corrected chi connectivity index (χ1v) is 13.1. The van der Waals surface area contributed by atoms with E-state index < -0.39 is 23.8 Å². The van der Waals surface area contributed by atoms with E-state index in [1.54, 1.807) is 24.3 Å². The molecule has 1 atom stereocenters. The zero-order valence-electron chi connectivity index (χ0n) is 22.8. The molecule has 3 N–H and O–H groups in total. The van der Waals surface area contributed by atoms with Gasteiger partial charge in [0, 0.05) is 36.5 Å². The van der Waals surface area contributed by atoms with Crippen LogP contribution in [0.25, 0.3) is 11.8 Å². The van der Waals surface area contributed by atoms with Gasteiger partial charge in [0.05, 0.1) is 11.3 Å². The maximum atomic E-state index is 13.8. The molecule has 4 aromatic rings. The Morgan fingerprint density at radius 2 is 1.81 bits per heavy atom. The van der Waals surface area contributed by atoms with Crippen molar-refractivity contribution in [2.75, 3.05) is 17.2 Å². The zero-order valence-corrected chi connectivity index (χ0v) is 22.8. The van der Waals surface area contributed by atoms with Crippen molar-refractivity contribution in [3.05, 3.63) is 101 Å². The van der Waals surface area contributed by atoms with Crippen LogP contribution >= 0.6 is 0 Å². The average molecular weight is 566 g/mol. The summed E-state index contributed by atoms with van der Waals surface area (Å²) < 4.78 is 1.50. The molecule has 2 heterocycles. The number of tetrazole rings is 1. The molecule has 0 saturated heterocycles. The van der Waals surface area contributed by atoms with E-state index in [0.29, 0.717) is 34.6 Å². The zero-order chi connectivity index (χ0) is 29.8. The number of hydrogen-bond donors (Lipinski definition) is 3. The van der Waals surface area contributed by atoms with Crippen molar-refractivity contribution < 1.29 is 24.3 Å². The number of carboxylic acids is 1. The molecule has 12 heteroatoms. The van der Waals surface area contributed by atoms with Gasteiger partial charge in [-0.2, -0.15) is 4.68 Å². The number of hydrogen-bond acceptors (Lipinski definition) is 7. The predicted molar refractivity (Wildman–Crippen MR) is 154 cm³/mol. The van der Waals surface area contributed by atoms with Gasteiger partial charge in [0.1, 0.15) is 12.4 Å². The Morgan fingerprint density at radius 1 is 1.02 bits per heavy atom. The quantitative estimate of drug-likeness (QED) is 0.288. The van der Waals surface area contributed by atoms with E-state index in [9.17, 15) is 24.3 Å². The number of amides is 3. The van der Waals surface area contributed by atoms with Gasteiger partial charge in [0.15, 0.2) is 0 Å². The molecule has 0 bridgehead atoms. The summed E-state index contributed by atoms with van der Waals surface area (Å²) in [7, 11) is 0. The largest absolute Gasteiger partial charge is 0.478 e. The van der Waals surface area contributed by atoms with Crippen LogP contribution in [0, 0.1) is 6.92 Å². The molecular weight excluding hydrogens is 538 g/mol. The Morgan fingerprint density at radius 3 is 2.50 bits per heavy atom. The van der Waals surface area contributed by atoms with Crippen LogP contribution in [0.4, 0.5) is 11.4 Å². The molecule has 12 nitrogen and oxygen atoms in total. The van der Waals surface area contributed by atoms with Crippen molar-refractivity contribution in [3.8, 4) is 5.69 Å². The van der Waals surface area contributed by atoms with Crippen LogP contribution in [0.3, 0.4) is 0 Å². The number of carbonyl (C=O) groups is 4. The van der Waals surface area contributed by atoms with Crippen molar-refractivity contribution in [3.63, 3.8) is 0 Å². The Hall–Kier alpha value is -5.65. The van der Waals surface area contributed by atoms with Crippen LogP contribution in [-0.4, -0.2) is 60.4 Å². The molecule has 0 fully saturated rings. The third kappa shape index (κ3) is 5.92. The van der Waals surface area contributed by atoms with Gasteiger partial charge in [-0.15, -0.1) is 5.10 Å². The number of fused-ring (bicyclic) bond motifs is 1. The number of nitrogens with zero attached hydrogens (tertiary/aromatic N) is 5. The summed E-state index contributed by atoms with van der Waals surface area (Å²) >= 11 is 0. The number of carboxylic acid groups (broad SMARTS) is 1. The van der Waals surface area contributed by atoms with E-state index in [0.717, 1.165) is 11.1 Å². The summed E-state index contributed by atoms with van der Waals surface area (Å²) in [5, 5.41) is 26.1. The van der Waals surface area contributed by atoms with Crippen LogP contribution in [0.1, 0.15) is 45.6 Å². The van der Waals surface area contributed by atoms with E-state index in [1.165, 1.54) is 53.2 Å². The minimum Gasteiger partial charge on any atom is -0.478 e. The molecule has 212 valence electrons. The number of aromatic carboxylic acids is 1. The molecule has 5 rings (SSSR count). The summed E-state index contributed by atoms with van der Waals surface area (Å²) in [4.78, 5) is 52.0. The van der Waals surface area contributed by atoms with Gasteiger partial charge in [-0.3, -0.25) is 14.4 Å². The fourth-order valence-corrected chi connectivity index (χ4v) is 4.95. The number of nitrogens with one attached hydrogen (secondary N) is 2. The highest BCUT2D eigenvalue weighted by Gasteiger charge is 2.36. The molecular formula is C30H27N7O5. The number of aromatic nitrogens is 4. The number of rotatable bonds is 7. The van der Waals surface area contributed by atoms with Crippen LogP contribution in [0.2, 0.25) is 0 Å². The molecule has 42 heavy (non-hydrogen) atoms. The highest BCUT2D eigenvalue weighted by Crippen LogP contribution is 2.35. The van der Waals surface area contributed by atoms with Crippen molar-refractivity contribution in [2.45, 2.75) is 26.3 Å². The van der Waals surface area contributed by atoms with Crippen molar-refractivity contribution in [1.82, 2.24) is 25.1 Å². The number of carbonyl (C=O) groups excluding carboxylic acids is 3. The summed E-state index contributed by atoms with van der Waals surface area (Å²) in [6.07, 6.45) is 4.95. The lowest BCUT2D eigenvalue weighted by Crippen LogP contribution is -2.45. The summed E-state index contributed by atoms with van der Waals surface area (Å²) in [6.45, 7) is 3.55. The van der Waals surface area contributed by atoms with Crippen LogP contribution < -0.4 is 10.6 Å². The molecule has 1 aromatic heterocycles. The minimum atomic E-state index is -1.08. The Labute approximate surface area is 240 Å². The van der Waals surface area contributed by atoms with Gasteiger partial charge in [-0.25, -0.2) is 4.79 Å². The van der Waals surface area contributed by atoms with Gasteiger partial charge in [-0.1, -0.05) is 23.8 Å². The fourth-order valence-electron chi connectivity index (χ4n) is 4.95. The summed E-state index contributed by atoms with van der Waals surface area (Å²) in [5.74, 6) is -2.21. The molecule has 1 aliphatic heterocycles. The SMILES string of the molecule is CC(=O)Nc1cccc2c1CCN(C(=O)/C=C/c1cc(C)ccc1-n1cnnn1)C2C(=O)Nc1ccc(C(=O)O)cc1. The van der Waals surface area contributed by atoms with E-state index in [2.05, 4.69) is 26.2 Å². The minimum absolute atomic E-state index is 0.0788. The van der Waals surface area contributed by atoms with Crippen molar-refractivity contribution in [1.29, 1.82) is 0 Å².